The Hall–Kier alpha value is -1.24. The van der Waals surface area contributed by atoms with Crippen molar-refractivity contribution in [3.05, 3.63) is 0 Å². The SMILES string of the molecule is CC(=O)NC(CSC1CCN(C)C1=O)C(=O)O. The number of rotatable bonds is 5. The molecule has 0 aromatic carbocycles. The molecule has 1 aliphatic rings. The highest BCUT2D eigenvalue weighted by molar-refractivity contribution is 8.00. The number of nitrogens with one attached hydrogen (secondary N) is 1. The third-order valence-electron chi connectivity index (χ3n) is 2.52. The molecule has 17 heavy (non-hydrogen) atoms. The van der Waals surface area contributed by atoms with Crippen LogP contribution < -0.4 is 5.32 Å². The van der Waals surface area contributed by atoms with E-state index < -0.39 is 12.0 Å². The van der Waals surface area contributed by atoms with Crippen LogP contribution in [0, 0.1) is 0 Å². The third-order valence-corrected chi connectivity index (χ3v) is 3.88. The van der Waals surface area contributed by atoms with Gasteiger partial charge in [0.1, 0.15) is 6.04 Å². The number of likely N-dealkylation sites (tertiary alicyclic amines) is 1. The van der Waals surface area contributed by atoms with E-state index in [0.717, 1.165) is 6.42 Å². The summed E-state index contributed by atoms with van der Waals surface area (Å²) in [4.78, 5) is 34.9. The van der Waals surface area contributed by atoms with Crippen molar-refractivity contribution in [1.29, 1.82) is 0 Å². The van der Waals surface area contributed by atoms with Gasteiger partial charge in [0.2, 0.25) is 11.8 Å². The molecule has 6 nitrogen and oxygen atoms in total. The van der Waals surface area contributed by atoms with E-state index in [-0.39, 0.29) is 22.8 Å². The maximum Gasteiger partial charge on any atom is 0.327 e. The van der Waals surface area contributed by atoms with Gasteiger partial charge >= 0.3 is 5.97 Å². The molecular weight excluding hydrogens is 244 g/mol. The Labute approximate surface area is 104 Å². The molecule has 2 amide bonds. The monoisotopic (exact) mass is 260 g/mol. The fourth-order valence-corrected chi connectivity index (χ4v) is 2.82. The van der Waals surface area contributed by atoms with Crippen LogP contribution >= 0.6 is 11.8 Å². The van der Waals surface area contributed by atoms with Gasteiger partial charge in [0.25, 0.3) is 0 Å². The predicted octanol–water partition coefficient (Wildman–Crippen LogP) is -0.460. The summed E-state index contributed by atoms with van der Waals surface area (Å²) in [5, 5.41) is 11.1. The van der Waals surface area contributed by atoms with E-state index in [0.29, 0.717) is 6.54 Å². The summed E-state index contributed by atoms with van der Waals surface area (Å²) in [6.07, 6.45) is 0.729. The molecule has 2 unspecified atom stereocenters. The Morgan fingerprint density at radius 2 is 2.29 bits per heavy atom. The lowest BCUT2D eigenvalue weighted by molar-refractivity contribution is -0.140. The number of hydrogen-bond acceptors (Lipinski definition) is 4. The smallest absolute Gasteiger partial charge is 0.327 e. The van der Waals surface area contributed by atoms with Gasteiger partial charge in [-0.3, -0.25) is 9.59 Å². The van der Waals surface area contributed by atoms with Gasteiger partial charge in [0, 0.05) is 26.3 Å². The Morgan fingerprint density at radius 1 is 1.65 bits per heavy atom. The second-order valence-corrected chi connectivity index (χ2v) is 5.20. The highest BCUT2D eigenvalue weighted by atomic mass is 32.2. The summed E-state index contributed by atoms with van der Waals surface area (Å²) < 4.78 is 0. The van der Waals surface area contributed by atoms with Crippen LogP contribution in [-0.2, 0) is 14.4 Å². The lowest BCUT2D eigenvalue weighted by Crippen LogP contribution is -2.42. The highest BCUT2D eigenvalue weighted by Crippen LogP contribution is 2.23. The zero-order valence-electron chi connectivity index (χ0n) is 9.80. The van der Waals surface area contributed by atoms with Crippen LogP contribution in [0.5, 0.6) is 0 Å². The maximum absolute atomic E-state index is 11.6. The van der Waals surface area contributed by atoms with E-state index in [1.807, 2.05) is 0 Å². The first-order valence-corrected chi connectivity index (χ1v) is 6.33. The van der Waals surface area contributed by atoms with Crippen molar-refractivity contribution >= 4 is 29.5 Å². The van der Waals surface area contributed by atoms with Crippen LogP contribution in [0.15, 0.2) is 0 Å². The largest absolute Gasteiger partial charge is 0.480 e. The Kier molecular flexibility index (Phi) is 4.80. The van der Waals surface area contributed by atoms with Crippen molar-refractivity contribution in [2.75, 3.05) is 19.3 Å². The number of carboxylic acid groups (broad SMARTS) is 1. The molecule has 2 N–H and O–H groups in total. The number of hydrogen-bond donors (Lipinski definition) is 2. The van der Waals surface area contributed by atoms with E-state index in [9.17, 15) is 14.4 Å². The molecule has 1 fully saturated rings. The van der Waals surface area contributed by atoms with Crippen LogP contribution in [-0.4, -0.2) is 58.4 Å². The van der Waals surface area contributed by atoms with Crippen LogP contribution in [0.25, 0.3) is 0 Å². The highest BCUT2D eigenvalue weighted by Gasteiger charge is 2.31. The molecule has 1 heterocycles. The van der Waals surface area contributed by atoms with Gasteiger partial charge < -0.3 is 15.3 Å². The maximum atomic E-state index is 11.6. The van der Waals surface area contributed by atoms with Gasteiger partial charge in [0.15, 0.2) is 0 Å². The second kappa shape index (κ2) is 5.90. The second-order valence-electron chi connectivity index (χ2n) is 3.96. The summed E-state index contributed by atoms with van der Waals surface area (Å²) in [7, 11) is 1.73. The van der Waals surface area contributed by atoms with Crippen molar-refractivity contribution in [2.45, 2.75) is 24.6 Å². The average Bonchev–Trinajstić information content (AvgIpc) is 2.54. The minimum atomic E-state index is -1.08. The molecule has 1 aliphatic heterocycles. The van der Waals surface area contributed by atoms with Crippen molar-refractivity contribution in [1.82, 2.24) is 10.2 Å². The van der Waals surface area contributed by atoms with E-state index in [4.69, 9.17) is 5.11 Å². The molecule has 1 rings (SSSR count). The summed E-state index contributed by atoms with van der Waals surface area (Å²) in [5.41, 5.74) is 0. The lowest BCUT2D eigenvalue weighted by Gasteiger charge is -2.15. The number of nitrogens with zero attached hydrogens (tertiary/aromatic N) is 1. The van der Waals surface area contributed by atoms with Gasteiger partial charge in [-0.2, -0.15) is 0 Å². The van der Waals surface area contributed by atoms with E-state index in [1.165, 1.54) is 18.7 Å². The van der Waals surface area contributed by atoms with Crippen molar-refractivity contribution in [3.8, 4) is 0 Å². The molecular formula is C10H16N2O4S. The normalized spacial score (nSPS) is 21.4. The lowest BCUT2D eigenvalue weighted by atomic mass is 10.3. The number of carbonyl (C=O) groups excluding carboxylic acids is 2. The Morgan fingerprint density at radius 3 is 2.71 bits per heavy atom. The third kappa shape index (κ3) is 3.92. The number of carbonyl (C=O) groups is 3. The molecule has 0 aliphatic carbocycles. The topological polar surface area (TPSA) is 86.7 Å². The Bertz CT molecular complexity index is 334. The van der Waals surface area contributed by atoms with Crippen LogP contribution in [0.2, 0.25) is 0 Å². The minimum Gasteiger partial charge on any atom is -0.480 e. The summed E-state index contributed by atoms with van der Waals surface area (Å²) in [5.74, 6) is -1.22. The van der Waals surface area contributed by atoms with Crippen molar-refractivity contribution in [2.24, 2.45) is 0 Å². The number of thioether (sulfide) groups is 1. The van der Waals surface area contributed by atoms with Gasteiger partial charge in [-0.25, -0.2) is 4.79 Å². The first kappa shape index (κ1) is 13.8. The molecule has 1 saturated heterocycles. The number of carboxylic acids is 1. The van der Waals surface area contributed by atoms with Gasteiger partial charge in [-0.1, -0.05) is 0 Å². The van der Waals surface area contributed by atoms with E-state index in [2.05, 4.69) is 5.32 Å². The fraction of sp³-hybridized carbons (Fsp3) is 0.700. The first-order valence-electron chi connectivity index (χ1n) is 5.28. The van der Waals surface area contributed by atoms with Crippen LogP contribution in [0.4, 0.5) is 0 Å². The van der Waals surface area contributed by atoms with E-state index in [1.54, 1.807) is 11.9 Å². The van der Waals surface area contributed by atoms with Crippen LogP contribution in [0.1, 0.15) is 13.3 Å². The molecule has 96 valence electrons. The first-order chi connectivity index (χ1) is 7.91. The Balaban J connectivity index is 2.44. The fourth-order valence-electron chi connectivity index (χ4n) is 1.58. The quantitative estimate of drug-likeness (QED) is 0.698. The minimum absolute atomic E-state index is 0.0296. The summed E-state index contributed by atoms with van der Waals surface area (Å²) in [6.45, 7) is 1.98. The molecule has 2 atom stereocenters. The molecule has 0 aromatic rings. The summed E-state index contributed by atoms with van der Waals surface area (Å²) >= 11 is 1.29. The van der Waals surface area contributed by atoms with Gasteiger partial charge in [-0.05, 0) is 6.42 Å². The number of amides is 2. The molecule has 0 radical (unpaired) electrons. The molecule has 0 saturated carbocycles. The zero-order chi connectivity index (χ0) is 13.0. The van der Waals surface area contributed by atoms with Gasteiger partial charge in [-0.15, -0.1) is 11.8 Å². The van der Waals surface area contributed by atoms with Crippen molar-refractivity contribution < 1.29 is 19.5 Å². The van der Waals surface area contributed by atoms with Crippen LogP contribution in [0.3, 0.4) is 0 Å². The standard InChI is InChI=1S/C10H16N2O4S/c1-6(13)11-7(10(15)16)5-17-8-3-4-12(2)9(8)14/h7-8H,3-5H2,1-2H3,(H,11,13)(H,15,16). The summed E-state index contributed by atoms with van der Waals surface area (Å²) in [6, 6.07) is -0.934. The number of aliphatic carboxylic acids is 1. The van der Waals surface area contributed by atoms with E-state index >= 15 is 0 Å². The van der Waals surface area contributed by atoms with Crippen molar-refractivity contribution in [3.63, 3.8) is 0 Å². The average molecular weight is 260 g/mol. The molecule has 0 spiro atoms. The molecule has 0 aromatic heterocycles. The predicted molar refractivity (Wildman–Crippen MR) is 63.7 cm³/mol. The molecule has 7 heteroatoms. The molecule has 0 bridgehead atoms. The zero-order valence-corrected chi connectivity index (χ0v) is 10.6. The van der Waals surface area contributed by atoms with Gasteiger partial charge in [0.05, 0.1) is 5.25 Å².